The van der Waals surface area contributed by atoms with Gasteiger partial charge in [0.1, 0.15) is 12.4 Å². The fourth-order valence-electron chi connectivity index (χ4n) is 2.19. The SMILES string of the molecule is O=C(O)COc1ccc(/C=N\NC(=O)[C@H]2COc3ccccc3O2)cc1. The molecule has 1 aliphatic rings. The van der Waals surface area contributed by atoms with Crippen molar-refractivity contribution in [3.63, 3.8) is 0 Å². The highest BCUT2D eigenvalue weighted by molar-refractivity contribution is 5.85. The van der Waals surface area contributed by atoms with Crippen LogP contribution < -0.4 is 19.6 Å². The van der Waals surface area contributed by atoms with E-state index in [4.69, 9.17) is 19.3 Å². The highest BCUT2D eigenvalue weighted by Crippen LogP contribution is 2.30. The molecule has 134 valence electrons. The Balaban J connectivity index is 1.50. The van der Waals surface area contributed by atoms with E-state index in [0.717, 1.165) is 0 Å². The molecule has 0 aromatic heterocycles. The summed E-state index contributed by atoms with van der Waals surface area (Å²) in [7, 11) is 0. The van der Waals surface area contributed by atoms with E-state index in [1.54, 1.807) is 42.5 Å². The molecule has 3 rings (SSSR count). The van der Waals surface area contributed by atoms with Crippen LogP contribution >= 0.6 is 0 Å². The van der Waals surface area contributed by atoms with Crippen LogP contribution in [0, 0.1) is 0 Å². The van der Waals surface area contributed by atoms with Crippen molar-refractivity contribution >= 4 is 18.1 Å². The van der Waals surface area contributed by atoms with Gasteiger partial charge in [-0.3, -0.25) is 4.79 Å². The van der Waals surface area contributed by atoms with Crippen LogP contribution in [0.4, 0.5) is 0 Å². The van der Waals surface area contributed by atoms with E-state index in [0.29, 0.717) is 22.8 Å². The third-order valence-electron chi connectivity index (χ3n) is 3.43. The van der Waals surface area contributed by atoms with Crippen molar-refractivity contribution in [2.45, 2.75) is 6.10 Å². The molecule has 8 nitrogen and oxygen atoms in total. The van der Waals surface area contributed by atoms with Crippen molar-refractivity contribution in [3.05, 3.63) is 54.1 Å². The lowest BCUT2D eigenvalue weighted by Gasteiger charge is -2.24. The van der Waals surface area contributed by atoms with E-state index in [1.807, 2.05) is 6.07 Å². The van der Waals surface area contributed by atoms with Gasteiger partial charge in [0.25, 0.3) is 5.91 Å². The van der Waals surface area contributed by atoms with Crippen LogP contribution in [-0.2, 0) is 9.59 Å². The summed E-state index contributed by atoms with van der Waals surface area (Å²) in [6, 6.07) is 13.7. The maximum Gasteiger partial charge on any atom is 0.341 e. The first-order valence-corrected chi connectivity index (χ1v) is 7.78. The fraction of sp³-hybridized carbons (Fsp3) is 0.167. The zero-order valence-corrected chi connectivity index (χ0v) is 13.6. The molecule has 2 aromatic carbocycles. The maximum atomic E-state index is 12.1. The molecule has 1 atom stereocenters. The number of nitrogens with zero attached hydrogens (tertiary/aromatic N) is 1. The van der Waals surface area contributed by atoms with E-state index in [-0.39, 0.29) is 6.61 Å². The number of hydrazone groups is 1. The second-order valence-electron chi connectivity index (χ2n) is 5.35. The number of carboxylic acids is 1. The summed E-state index contributed by atoms with van der Waals surface area (Å²) >= 11 is 0. The van der Waals surface area contributed by atoms with Crippen molar-refractivity contribution in [2.75, 3.05) is 13.2 Å². The van der Waals surface area contributed by atoms with Crippen molar-refractivity contribution in [3.8, 4) is 17.2 Å². The van der Waals surface area contributed by atoms with Gasteiger partial charge in [0.2, 0.25) is 6.10 Å². The van der Waals surface area contributed by atoms with Crippen molar-refractivity contribution in [2.24, 2.45) is 5.10 Å². The van der Waals surface area contributed by atoms with E-state index in [2.05, 4.69) is 10.5 Å². The molecule has 0 fully saturated rings. The summed E-state index contributed by atoms with van der Waals surface area (Å²) in [5.74, 6) is 0.0807. The van der Waals surface area contributed by atoms with Crippen LogP contribution in [0.1, 0.15) is 5.56 Å². The van der Waals surface area contributed by atoms with Crippen molar-refractivity contribution in [1.82, 2.24) is 5.43 Å². The number of fused-ring (bicyclic) bond motifs is 1. The molecule has 1 aliphatic heterocycles. The molecular formula is C18H16N2O6. The van der Waals surface area contributed by atoms with Gasteiger partial charge >= 0.3 is 5.97 Å². The Hall–Kier alpha value is -3.55. The van der Waals surface area contributed by atoms with Crippen LogP contribution in [0.2, 0.25) is 0 Å². The third kappa shape index (κ3) is 4.50. The number of amides is 1. The van der Waals surface area contributed by atoms with E-state index >= 15 is 0 Å². The summed E-state index contributed by atoms with van der Waals surface area (Å²) in [4.78, 5) is 22.5. The minimum absolute atomic E-state index is 0.105. The smallest absolute Gasteiger partial charge is 0.341 e. The summed E-state index contributed by atoms with van der Waals surface area (Å²) < 4.78 is 16.1. The van der Waals surface area contributed by atoms with Gasteiger partial charge < -0.3 is 19.3 Å². The topological polar surface area (TPSA) is 106 Å². The quantitative estimate of drug-likeness (QED) is 0.599. The lowest BCUT2D eigenvalue weighted by Crippen LogP contribution is -2.42. The number of carboxylic acid groups (broad SMARTS) is 1. The van der Waals surface area contributed by atoms with Gasteiger partial charge in [-0.15, -0.1) is 0 Å². The van der Waals surface area contributed by atoms with Crippen LogP contribution in [0.5, 0.6) is 17.2 Å². The number of nitrogens with one attached hydrogen (secondary N) is 1. The molecule has 26 heavy (non-hydrogen) atoms. The zero-order chi connectivity index (χ0) is 18.4. The van der Waals surface area contributed by atoms with E-state index in [1.165, 1.54) is 6.21 Å². The average Bonchev–Trinajstić information content (AvgIpc) is 2.67. The second kappa shape index (κ2) is 8.02. The predicted octanol–water partition coefficient (Wildman–Crippen LogP) is 1.44. The van der Waals surface area contributed by atoms with Crippen LogP contribution in [0.15, 0.2) is 53.6 Å². The van der Waals surface area contributed by atoms with Crippen LogP contribution in [0.3, 0.4) is 0 Å². The van der Waals surface area contributed by atoms with Gasteiger partial charge in [0.05, 0.1) is 6.21 Å². The molecule has 0 unspecified atom stereocenters. The molecule has 2 aromatic rings. The Morgan fingerprint density at radius 2 is 1.92 bits per heavy atom. The molecule has 1 amide bonds. The molecular weight excluding hydrogens is 340 g/mol. The van der Waals surface area contributed by atoms with Gasteiger partial charge in [-0.25, -0.2) is 10.2 Å². The van der Waals surface area contributed by atoms with Gasteiger partial charge in [0.15, 0.2) is 18.1 Å². The molecule has 8 heteroatoms. The van der Waals surface area contributed by atoms with E-state index < -0.39 is 24.6 Å². The van der Waals surface area contributed by atoms with Gasteiger partial charge in [-0.1, -0.05) is 12.1 Å². The number of carbonyl (C=O) groups is 2. The number of hydrogen-bond donors (Lipinski definition) is 2. The van der Waals surface area contributed by atoms with E-state index in [9.17, 15) is 9.59 Å². The molecule has 0 radical (unpaired) electrons. The number of hydrogen-bond acceptors (Lipinski definition) is 6. The molecule has 0 spiro atoms. The predicted molar refractivity (Wildman–Crippen MR) is 91.7 cm³/mol. The number of rotatable bonds is 6. The number of carbonyl (C=O) groups excluding carboxylic acids is 1. The van der Waals surface area contributed by atoms with Crippen LogP contribution in [0.25, 0.3) is 0 Å². The van der Waals surface area contributed by atoms with Gasteiger partial charge in [0, 0.05) is 0 Å². The summed E-state index contributed by atoms with van der Waals surface area (Å²) in [6.45, 7) is -0.302. The Bertz CT molecular complexity index is 819. The normalized spacial score (nSPS) is 15.5. The highest BCUT2D eigenvalue weighted by atomic mass is 16.6. The Morgan fingerprint density at radius 3 is 2.65 bits per heavy atom. The first-order chi connectivity index (χ1) is 12.6. The molecule has 0 saturated heterocycles. The summed E-state index contributed by atoms with van der Waals surface area (Å²) in [5.41, 5.74) is 3.11. The number of ether oxygens (including phenoxy) is 3. The second-order valence-corrected chi connectivity index (χ2v) is 5.35. The number of aliphatic carboxylic acids is 1. The van der Waals surface area contributed by atoms with Gasteiger partial charge in [-0.2, -0.15) is 5.10 Å². The van der Waals surface area contributed by atoms with Crippen LogP contribution in [-0.4, -0.2) is 42.5 Å². The molecule has 2 N–H and O–H groups in total. The first-order valence-electron chi connectivity index (χ1n) is 7.78. The minimum Gasteiger partial charge on any atom is -0.485 e. The highest BCUT2D eigenvalue weighted by Gasteiger charge is 2.26. The number of para-hydroxylation sites is 2. The van der Waals surface area contributed by atoms with Gasteiger partial charge in [-0.05, 0) is 42.0 Å². The monoisotopic (exact) mass is 356 g/mol. The average molecular weight is 356 g/mol. The molecule has 0 bridgehead atoms. The number of benzene rings is 2. The lowest BCUT2D eigenvalue weighted by molar-refractivity contribution is -0.139. The Morgan fingerprint density at radius 1 is 1.19 bits per heavy atom. The lowest BCUT2D eigenvalue weighted by atomic mass is 10.2. The van der Waals surface area contributed by atoms with Crippen molar-refractivity contribution in [1.29, 1.82) is 0 Å². The standard InChI is InChI=1S/C18H16N2O6/c21-17(22)11-24-13-7-5-12(6-8-13)9-19-20-18(23)16-10-25-14-3-1-2-4-15(14)26-16/h1-9,16H,10-11H2,(H,20,23)(H,21,22)/b19-9-/t16-/m1/s1. The fourth-order valence-corrected chi connectivity index (χ4v) is 2.19. The third-order valence-corrected chi connectivity index (χ3v) is 3.43. The molecule has 0 aliphatic carbocycles. The Kier molecular flexibility index (Phi) is 5.33. The van der Waals surface area contributed by atoms with Crippen molar-refractivity contribution < 1.29 is 28.9 Å². The first kappa shape index (κ1) is 17.3. The zero-order valence-electron chi connectivity index (χ0n) is 13.6. The summed E-state index contributed by atoms with van der Waals surface area (Å²) in [6.07, 6.45) is 0.671. The maximum absolute atomic E-state index is 12.1. The molecule has 1 heterocycles. The largest absolute Gasteiger partial charge is 0.485 e. The molecule has 0 saturated carbocycles. The minimum atomic E-state index is -1.05. The Labute approximate surface area is 149 Å². The summed E-state index contributed by atoms with van der Waals surface area (Å²) in [5, 5.41) is 12.4.